The molecule has 3 rings (SSSR count). The Kier molecular flexibility index (Phi) is 4.67. The summed E-state index contributed by atoms with van der Waals surface area (Å²) in [5, 5.41) is 0.917. The minimum atomic E-state index is -2.56. The molecule has 0 unspecified atom stereocenters. The number of aromatic nitrogens is 1. The molecule has 2 aromatic rings. The Morgan fingerprint density at radius 2 is 1.88 bits per heavy atom. The number of rotatable bonds is 3. The lowest BCUT2D eigenvalue weighted by atomic mass is 10.1. The number of urea groups is 1. The molecule has 1 aliphatic rings. The van der Waals surface area contributed by atoms with Gasteiger partial charge in [-0.05, 0) is 12.1 Å². The Morgan fingerprint density at radius 3 is 2.48 bits per heavy atom. The Balaban J connectivity index is 1.97. The largest absolute Gasteiger partial charge is 0.493 e. The van der Waals surface area contributed by atoms with Gasteiger partial charge in [-0.1, -0.05) is 0 Å². The van der Waals surface area contributed by atoms with Crippen molar-refractivity contribution in [3.8, 4) is 11.5 Å². The average Bonchev–Trinajstić information content (AvgIpc) is 2.59. The lowest BCUT2D eigenvalue weighted by molar-refractivity contribution is 0.257. The number of amides is 2. The molecular weight excluding hydrogens is 344 g/mol. The number of hydrogen-bond acceptors (Lipinski definition) is 6. The molecule has 1 fully saturated rings. The van der Waals surface area contributed by atoms with Crippen molar-refractivity contribution in [2.24, 2.45) is 10.1 Å². The number of pyridine rings is 1. The lowest BCUT2D eigenvalue weighted by Crippen LogP contribution is -2.40. The summed E-state index contributed by atoms with van der Waals surface area (Å²) in [4.78, 5) is 17.5. The van der Waals surface area contributed by atoms with Crippen LogP contribution >= 0.6 is 0 Å². The summed E-state index contributed by atoms with van der Waals surface area (Å²) in [5.74, 6) is 1.83. The van der Waals surface area contributed by atoms with Gasteiger partial charge in [0, 0.05) is 47.9 Å². The smallest absolute Gasteiger partial charge is 0.346 e. The van der Waals surface area contributed by atoms with Crippen molar-refractivity contribution in [2.45, 2.75) is 0 Å². The van der Waals surface area contributed by atoms with Crippen molar-refractivity contribution < 1.29 is 18.5 Å². The fraction of sp³-hybridized carbons (Fsp3) is 0.375. The van der Waals surface area contributed by atoms with Gasteiger partial charge in [0.05, 0.1) is 29.5 Å². The van der Waals surface area contributed by atoms with E-state index in [4.69, 9.17) is 15.2 Å². The normalized spacial score (nSPS) is 16.5. The molecule has 0 saturated carbocycles. The maximum atomic E-state index is 12.5. The zero-order valence-corrected chi connectivity index (χ0v) is 14.9. The first-order valence-electron chi connectivity index (χ1n) is 7.73. The first-order chi connectivity index (χ1) is 12.0. The first kappa shape index (κ1) is 17.3. The molecule has 0 atom stereocenters. The highest BCUT2D eigenvalue weighted by atomic mass is 32.2. The predicted octanol–water partition coefficient (Wildman–Crippen LogP) is 1.62. The number of ether oxygens (including phenoxy) is 2. The molecule has 0 radical (unpaired) electrons. The third-order valence-corrected chi connectivity index (χ3v) is 6.33. The third kappa shape index (κ3) is 3.46. The summed E-state index contributed by atoms with van der Waals surface area (Å²) in [7, 11) is 0.606. The van der Waals surface area contributed by atoms with Gasteiger partial charge in [-0.2, -0.15) is 0 Å². The van der Waals surface area contributed by atoms with Crippen molar-refractivity contribution in [2.75, 3.05) is 43.7 Å². The van der Waals surface area contributed by atoms with E-state index in [1.54, 1.807) is 20.4 Å². The fourth-order valence-corrected chi connectivity index (χ4v) is 4.68. The van der Waals surface area contributed by atoms with Gasteiger partial charge in [0.2, 0.25) is 0 Å². The van der Waals surface area contributed by atoms with Gasteiger partial charge in [-0.3, -0.25) is 4.98 Å². The number of primary amides is 1. The molecule has 2 heterocycles. The molecule has 134 valence electrons. The van der Waals surface area contributed by atoms with Crippen LogP contribution < -0.4 is 20.1 Å². The molecule has 0 aliphatic carbocycles. The van der Waals surface area contributed by atoms with Crippen molar-refractivity contribution >= 4 is 32.4 Å². The second-order valence-corrected chi connectivity index (χ2v) is 8.20. The number of anilines is 1. The number of benzene rings is 1. The van der Waals surface area contributed by atoms with E-state index < -0.39 is 15.8 Å². The quantitative estimate of drug-likeness (QED) is 0.887. The number of nitrogens with zero attached hydrogens (tertiary/aromatic N) is 3. The van der Waals surface area contributed by atoms with Crippen LogP contribution in [0.1, 0.15) is 0 Å². The number of carbonyl (C=O) groups excluding carboxylic acids is 1. The fourth-order valence-electron chi connectivity index (χ4n) is 2.95. The van der Waals surface area contributed by atoms with Gasteiger partial charge in [-0.25, -0.2) is 9.00 Å². The second kappa shape index (κ2) is 6.75. The summed E-state index contributed by atoms with van der Waals surface area (Å²) in [6.45, 7) is 1.03. The molecule has 1 aromatic heterocycles. The van der Waals surface area contributed by atoms with Crippen molar-refractivity contribution in [3.63, 3.8) is 0 Å². The van der Waals surface area contributed by atoms with Crippen LogP contribution in [0.4, 0.5) is 10.5 Å². The monoisotopic (exact) mass is 364 g/mol. The topological polar surface area (TPSA) is 107 Å². The Labute approximate surface area is 146 Å². The molecule has 25 heavy (non-hydrogen) atoms. The molecule has 2 N–H and O–H groups in total. The Bertz CT molecular complexity index is 923. The minimum absolute atomic E-state index is 0.299. The highest BCUT2D eigenvalue weighted by Crippen LogP contribution is 2.36. The molecule has 9 heteroatoms. The van der Waals surface area contributed by atoms with E-state index in [1.807, 2.05) is 18.2 Å². The molecule has 0 bridgehead atoms. The van der Waals surface area contributed by atoms with Crippen molar-refractivity contribution in [1.29, 1.82) is 0 Å². The van der Waals surface area contributed by atoms with Gasteiger partial charge in [-0.15, -0.1) is 4.36 Å². The Hall–Kier alpha value is -2.55. The van der Waals surface area contributed by atoms with Crippen LogP contribution in [-0.4, -0.2) is 54.0 Å². The number of methoxy groups -OCH3 is 2. The number of nitrogens with two attached hydrogens (primary N) is 1. The summed E-state index contributed by atoms with van der Waals surface area (Å²) in [6.07, 6.45) is 1.73. The van der Waals surface area contributed by atoms with E-state index in [9.17, 15) is 9.00 Å². The molecule has 8 nitrogen and oxygen atoms in total. The summed E-state index contributed by atoms with van der Waals surface area (Å²) in [6, 6.07) is 4.75. The minimum Gasteiger partial charge on any atom is -0.493 e. The van der Waals surface area contributed by atoms with Gasteiger partial charge < -0.3 is 20.1 Å². The SMILES string of the molecule is COc1cc2nccc(N3CCS(=O)(=NC(N)=O)CC3)c2cc1OC. The van der Waals surface area contributed by atoms with Gasteiger partial charge in [0.25, 0.3) is 0 Å². The van der Waals surface area contributed by atoms with Gasteiger partial charge >= 0.3 is 6.03 Å². The van der Waals surface area contributed by atoms with E-state index in [0.29, 0.717) is 36.1 Å². The maximum Gasteiger partial charge on any atom is 0.346 e. The standard InChI is InChI=1S/C16H20N4O4S/c1-23-14-9-11-12(10-15(14)24-2)18-4-3-13(11)20-5-7-25(22,8-6-20)19-16(17)21/h3-4,9-10H,5-8H2,1-2H3,(H2,17,21). The number of carbonyl (C=O) groups is 1. The van der Waals surface area contributed by atoms with Crippen LogP contribution in [0.15, 0.2) is 28.8 Å². The molecule has 1 aromatic carbocycles. The average molecular weight is 364 g/mol. The van der Waals surface area contributed by atoms with E-state index in [-0.39, 0.29) is 0 Å². The summed E-state index contributed by atoms with van der Waals surface area (Å²) >= 11 is 0. The third-order valence-electron chi connectivity index (χ3n) is 4.18. The molecule has 2 amide bonds. The first-order valence-corrected chi connectivity index (χ1v) is 9.59. The van der Waals surface area contributed by atoms with Crippen LogP contribution in [0.5, 0.6) is 11.5 Å². The van der Waals surface area contributed by atoms with Gasteiger partial charge in [0.15, 0.2) is 11.5 Å². The van der Waals surface area contributed by atoms with Crippen LogP contribution in [0.2, 0.25) is 0 Å². The van der Waals surface area contributed by atoms with Crippen molar-refractivity contribution in [3.05, 3.63) is 24.4 Å². The second-order valence-electron chi connectivity index (χ2n) is 5.65. The van der Waals surface area contributed by atoms with E-state index >= 15 is 0 Å². The molecule has 1 saturated heterocycles. The van der Waals surface area contributed by atoms with Gasteiger partial charge in [0.1, 0.15) is 0 Å². The number of hydrogen-bond donors (Lipinski definition) is 1. The van der Waals surface area contributed by atoms with Crippen LogP contribution in [0, 0.1) is 0 Å². The van der Waals surface area contributed by atoms with E-state index in [0.717, 1.165) is 16.6 Å². The lowest BCUT2D eigenvalue weighted by Gasteiger charge is -2.31. The van der Waals surface area contributed by atoms with Crippen molar-refractivity contribution in [1.82, 2.24) is 4.98 Å². The highest BCUT2D eigenvalue weighted by Gasteiger charge is 2.23. The molecular formula is C16H20N4O4S. The maximum absolute atomic E-state index is 12.5. The Morgan fingerprint density at radius 1 is 1.24 bits per heavy atom. The van der Waals surface area contributed by atoms with E-state index in [1.165, 1.54) is 0 Å². The molecule has 0 spiro atoms. The van der Waals surface area contributed by atoms with Crippen LogP contribution in [-0.2, 0) is 9.73 Å². The number of fused-ring (bicyclic) bond motifs is 1. The van der Waals surface area contributed by atoms with Crippen LogP contribution in [0.25, 0.3) is 10.9 Å². The van der Waals surface area contributed by atoms with Crippen LogP contribution in [0.3, 0.4) is 0 Å². The van der Waals surface area contributed by atoms with E-state index in [2.05, 4.69) is 14.2 Å². The summed E-state index contributed by atoms with van der Waals surface area (Å²) in [5.41, 5.74) is 6.80. The molecule has 1 aliphatic heterocycles. The predicted molar refractivity (Wildman–Crippen MR) is 96.9 cm³/mol. The zero-order valence-electron chi connectivity index (χ0n) is 14.1. The zero-order chi connectivity index (χ0) is 18.0. The highest BCUT2D eigenvalue weighted by molar-refractivity contribution is 7.94. The summed E-state index contributed by atoms with van der Waals surface area (Å²) < 4.78 is 26.8.